The first-order valence-corrected chi connectivity index (χ1v) is 34.3. The van der Waals surface area contributed by atoms with Gasteiger partial charge in [-0.15, -0.1) is 0 Å². The molecule has 0 unspecified atom stereocenters. The number of rotatable bonds is 40. The van der Waals surface area contributed by atoms with Gasteiger partial charge in [-0.25, -0.2) is 0 Å². The minimum absolute atomic E-state index is 0.0369. The lowest BCUT2D eigenvalue weighted by Gasteiger charge is -2.36. The van der Waals surface area contributed by atoms with E-state index in [1.54, 1.807) is 0 Å². The summed E-state index contributed by atoms with van der Waals surface area (Å²) in [6, 6.07) is 16.5. The SMILES string of the molecule is CC(C)O[Si](OC(C)C)(OC(C)C)c1ccc([Si](OC(C)C)(OC(C)C)OC(C)C)cc1.CCCCO[Si](OCCCC)(OCCCC)c1ccc([Si](OCCCC)(OCCCC)OCCCC)cc1. The summed E-state index contributed by atoms with van der Waals surface area (Å²) in [7, 11) is -12.4. The van der Waals surface area contributed by atoms with Crippen molar-refractivity contribution < 1.29 is 53.1 Å². The second-order valence-corrected chi connectivity index (χ2v) is 29.5. The van der Waals surface area contributed by atoms with Crippen LogP contribution in [0.15, 0.2) is 48.5 Å². The minimum atomic E-state index is -3.15. The van der Waals surface area contributed by atoms with Crippen LogP contribution >= 0.6 is 0 Å². The maximum absolute atomic E-state index is 6.53. The molecule has 0 aromatic heterocycles. The molecule has 2 rings (SSSR count). The van der Waals surface area contributed by atoms with E-state index in [1.807, 2.05) is 107 Å². The van der Waals surface area contributed by atoms with E-state index >= 15 is 0 Å². The second-order valence-electron chi connectivity index (χ2n) is 19.6. The quantitative estimate of drug-likeness (QED) is 0.0468. The molecule has 0 atom stereocenters. The highest BCUT2D eigenvalue weighted by Crippen LogP contribution is 2.22. The van der Waals surface area contributed by atoms with E-state index in [0.717, 1.165) is 97.8 Å². The van der Waals surface area contributed by atoms with Crippen molar-refractivity contribution in [2.45, 2.75) is 238 Å². The van der Waals surface area contributed by atoms with Crippen LogP contribution in [-0.2, 0) is 53.1 Å². The zero-order valence-corrected chi connectivity index (χ0v) is 51.7. The molecule has 0 saturated carbocycles. The normalized spacial score (nSPS) is 12.9. The Hall–Kier alpha value is -1.17. The third kappa shape index (κ3) is 24.5. The highest BCUT2D eigenvalue weighted by molar-refractivity contribution is 6.78. The van der Waals surface area contributed by atoms with Crippen molar-refractivity contribution in [3.63, 3.8) is 0 Å². The average molecular weight is 1060 g/mol. The molecule has 0 heterocycles. The molecular weight excluding hydrogens is 953 g/mol. The summed E-state index contributed by atoms with van der Waals surface area (Å²) in [5, 5.41) is 3.84. The van der Waals surface area contributed by atoms with Crippen LogP contribution in [0.4, 0.5) is 0 Å². The van der Waals surface area contributed by atoms with Gasteiger partial charge in [0.05, 0.1) is 0 Å². The fourth-order valence-electron chi connectivity index (χ4n) is 7.05. The van der Waals surface area contributed by atoms with E-state index in [9.17, 15) is 0 Å². The summed E-state index contributed by atoms with van der Waals surface area (Å²) < 4.78 is 77.4. The first kappa shape index (κ1) is 66.8. The predicted octanol–water partition coefficient (Wildman–Crippen LogP) is 11.4. The predicted molar refractivity (Wildman–Crippen MR) is 297 cm³/mol. The van der Waals surface area contributed by atoms with E-state index in [1.165, 1.54) is 0 Å². The number of unbranched alkanes of at least 4 members (excludes halogenated alkanes) is 6. The van der Waals surface area contributed by atoms with Gasteiger partial charge >= 0.3 is 35.2 Å². The van der Waals surface area contributed by atoms with Gasteiger partial charge in [-0.2, -0.15) is 0 Å². The summed E-state index contributed by atoms with van der Waals surface area (Å²) in [6.45, 7) is 41.0. The lowest BCUT2D eigenvalue weighted by molar-refractivity contribution is 0.0137. The Bertz CT molecular complexity index is 1340. The Morgan fingerprint density at radius 3 is 0.529 bits per heavy atom. The van der Waals surface area contributed by atoms with E-state index in [0.29, 0.717) is 39.6 Å². The average Bonchev–Trinajstić information content (AvgIpc) is 3.28. The van der Waals surface area contributed by atoms with Crippen molar-refractivity contribution >= 4 is 56.0 Å². The lowest BCUT2D eigenvalue weighted by Crippen LogP contribution is -2.62. The molecule has 2 aromatic rings. The Labute approximate surface area is 433 Å². The number of hydrogen-bond donors (Lipinski definition) is 0. The van der Waals surface area contributed by atoms with Crippen LogP contribution in [0.5, 0.6) is 0 Å². The van der Waals surface area contributed by atoms with Gasteiger partial charge in [0, 0.05) is 97.0 Å². The van der Waals surface area contributed by atoms with Crippen LogP contribution in [0.2, 0.25) is 0 Å². The van der Waals surface area contributed by atoms with Crippen LogP contribution in [0.1, 0.15) is 202 Å². The smallest absolute Gasteiger partial charge is 0.370 e. The molecule has 0 aliphatic rings. The Kier molecular flexibility index (Phi) is 35.1. The summed E-state index contributed by atoms with van der Waals surface area (Å²) in [4.78, 5) is 0. The molecule has 0 aliphatic carbocycles. The van der Waals surface area contributed by atoms with Crippen molar-refractivity contribution in [3.8, 4) is 0 Å². The molecule has 408 valence electrons. The molecule has 0 N–H and O–H groups in total. The minimum Gasteiger partial charge on any atom is -0.370 e. The van der Waals surface area contributed by atoms with Crippen molar-refractivity contribution in [2.75, 3.05) is 39.6 Å². The maximum Gasteiger partial charge on any atom is 0.537 e. The van der Waals surface area contributed by atoms with E-state index in [2.05, 4.69) is 65.8 Å². The molecule has 12 nitrogen and oxygen atoms in total. The van der Waals surface area contributed by atoms with Gasteiger partial charge in [0.1, 0.15) is 0 Å². The van der Waals surface area contributed by atoms with Crippen LogP contribution in [0.25, 0.3) is 0 Å². The zero-order valence-electron chi connectivity index (χ0n) is 47.7. The second kappa shape index (κ2) is 36.7. The fraction of sp³-hybridized carbons (Fsp3) is 0.778. The lowest BCUT2D eigenvalue weighted by atomic mass is 10.4. The molecule has 0 amide bonds. The van der Waals surface area contributed by atoms with E-state index in [4.69, 9.17) is 53.1 Å². The molecule has 0 bridgehead atoms. The topological polar surface area (TPSA) is 111 Å². The van der Waals surface area contributed by atoms with Crippen LogP contribution < -0.4 is 20.7 Å². The van der Waals surface area contributed by atoms with Gasteiger partial charge in [-0.3, -0.25) is 0 Å². The van der Waals surface area contributed by atoms with Crippen LogP contribution in [0.3, 0.4) is 0 Å². The van der Waals surface area contributed by atoms with Gasteiger partial charge in [0.15, 0.2) is 0 Å². The number of benzene rings is 2. The zero-order chi connectivity index (χ0) is 52.6. The van der Waals surface area contributed by atoms with Gasteiger partial charge in [-0.1, -0.05) is 129 Å². The van der Waals surface area contributed by atoms with Gasteiger partial charge in [-0.05, 0) is 122 Å². The Morgan fingerprint density at radius 2 is 0.400 bits per heavy atom. The molecule has 0 saturated heterocycles. The first-order chi connectivity index (χ1) is 33.3. The largest absolute Gasteiger partial charge is 0.537 e. The van der Waals surface area contributed by atoms with Gasteiger partial charge in [0.2, 0.25) is 0 Å². The summed E-state index contributed by atoms with van der Waals surface area (Å²) in [5.41, 5.74) is 0. The first-order valence-electron chi connectivity index (χ1n) is 27.4. The summed E-state index contributed by atoms with van der Waals surface area (Å²) >= 11 is 0. The number of hydrogen-bond acceptors (Lipinski definition) is 12. The van der Waals surface area contributed by atoms with E-state index in [-0.39, 0.29) is 36.6 Å². The van der Waals surface area contributed by atoms with Crippen molar-refractivity contribution in [3.05, 3.63) is 48.5 Å². The Balaban J connectivity index is 0.000000710. The molecule has 0 aliphatic heterocycles. The third-order valence-corrected chi connectivity index (χ3v) is 22.6. The Morgan fingerprint density at radius 1 is 0.257 bits per heavy atom. The van der Waals surface area contributed by atoms with E-state index < -0.39 is 35.2 Å². The van der Waals surface area contributed by atoms with Crippen LogP contribution in [0, 0.1) is 0 Å². The third-order valence-electron chi connectivity index (χ3n) is 10.3. The molecule has 2 aromatic carbocycles. The highest BCUT2D eigenvalue weighted by atomic mass is 28.4. The fourth-order valence-corrected chi connectivity index (χ4v) is 18.2. The highest BCUT2D eigenvalue weighted by Gasteiger charge is 2.51. The van der Waals surface area contributed by atoms with Crippen LogP contribution in [-0.4, -0.2) is 111 Å². The maximum atomic E-state index is 6.53. The molecule has 0 radical (unpaired) electrons. The summed E-state index contributed by atoms with van der Waals surface area (Å²) in [5.74, 6) is 0. The molecule has 70 heavy (non-hydrogen) atoms. The van der Waals surface area contributed by atoms with Crippen molar-refractivity contribution in [1.29, 1.82) is 0 Å². The van der Waals surface area contributed by atoms with Crippen molar-refractivity contribution in [1.82, 2.24) is 0 Å². The van der Waals surface area contributed by atoms with Gasteiger partial charge < -0.3 is 53.1 Å². The molecule has 0 spiro atoms. The standard InChI is InChI=1S/C30H58O6Si2.C24H46O6Si2/c1-7-13-23-31-37(32-24-14-8-2,33-25-15-9-3)29-19-21-30(22-20-29)38(34-26-16-10-4,35-27-17-11-5)36-28-18-12-6;1-17(2)25-31(26-18(3)4,27-19(5)6)23-13-15-24(16-14-23)32(28-20(7)8,29-21(9)10)30-22(11)12/h19-22H,7-18,23-28H2,1-6H3;13-22H,1-12H3. The summed E-state index contributed by atoms with van der Waals surface area (Å²) in [6.07, 6.45) is 12.1. The van der Waals surface area contributed by atoms with Gasteiger partial charge in [0.25, 0.3) is 0 Å². The monoisotopic (exact) mass is 1060 g/mol. The molecule has 16 heteroatoms. The molecule has 0 fully saturated rings. The molecular formula is C54H104O12Si4. The van der Waals surface area contributed by atoms with Crippen molar-refractivity contribution in [2.24, 2.45) is 0 Å².